The lowest BCUT2D eigenvalue weighted by Crippen LogP contribution is -2.58. The number of ether oxygens (including phenoxy) is 1. The first-order valence-corrected chi connectivity index (χ1v) is 9.31. The van der Waals surface area contributed by atoms with Crippen LogP contribution in [0.4, 0.5) is 0 Å². The van der Waals surface area contributed by atoms with Gasteiger partial charge in [-0.3, -0.25) is 10.1 Å². The third-order valence-corrected chi connectivity index (χ3v) is 5.26. The standard InChI is InChI=1S/C17H22N4O3S/c1-4-11-10(2)18-17(20-16(11)22)25-9-14-19-15(21-24-14)12-7-5-6-8-13(12)23-3/h5-8,10-11,17-18H,4,9H2,1-3H3,(H,20,22). The van der Waals surface area contributed by atoms with Crippen molar-refractivity contribution in [2.45, 2.75) is 37.6 Å². The minimum absolute atomic E-state index is 0.0115. The van der Waals surface area contributed by atoms with Gasteiger partial charge < -0.3 is 14.6 Å². The summed E-state index contributed by atoms with van der Waals surface area (Å²) in [4.78, 5) is 16.5. The van der Waals surface area contributed by atoms with Crippen molar-refractivity contribution in [3.63, 3.8) is 0 Å². The summed E-state index contributed by atoms with van der Waals surface area (Å²) >= 11 is 1.52. The fourth-order valence-corrected chi connectivity index (χ4v) is 3.83. The van der Waals surface area contributed by atoms with Gasteiger partial charge in [-0.15, -0.1) is 11.8 Å². The number of para-hydroxylation sites is 1. The van der Waals surface area contributed by atoms with Crippen LogP contribution in [0.15, 0.2) is 28.8 Å². The summed E-state index contributed by atoms with van der Waals surface area (Å²) in [5.41, 5.74) is 0.625. The van der Waals surface area contributed by atoms with Gasteiger partial charge in [0.1, 0.15) is 11.2 Å². The van der Waals surface area contributed by atoms with Crippen molar-refractivity contribution in [2.24, 2.45) is 5.92 Å². The second-order valence-electron chi connectivity index (χ2n) is 5.88. The summed E-state index contributed by atoms with van der Waals surface area (Å²) < 4.78 is 10.7. The molecule has 8 heteroatoms. The van der Waals surface area contributed by atoms with E-state index in [0.717, 1.165) is 12.0 Å². The van der Waals surface area contributed by atoms with Crippen LogP contribution in [0.2, 0.25) is 0 Å². The molecule has 3 unspecified atom stereocenters. The van der Waals surface area contributed by atoms with Gasteiger partial charge in [-0.1, -0.05) is 24.2 Å². The summed E-state index contributed by atoms with van der Waals surface area (Å²) in [6.45, 7) is 4.06. The quantitative estimate of drug-likeness (QED) is 0.815. The van der Waals surface area contributed by atoms with Crippen molar-refractivity contribution in [3.8, 4) is 17.1 Å². The van der Waals surface area contributed by atoms with Crippen LogP contribution in [0.25, 0.3) is 11.4 Å². The number of thioether (sulfide) groups is 1. The maximum absolute atomic E-state index is 12.1. The van der Waals surface area contributed by atoms with Gasteiger partial charge in [0, 0.05) is 6.04 Å². The first kappa shape index (κ1) is 17.8. The molecular weight excluding hydrogens is 340 g/mol. The van der Waals surface area contributed by atoms with Gasteiger partial charge in [0.2, 0.25) is 17.6 Å². The molecule has 1 amide bonds. The summed E-state index contributed by atoms with van der Waals surface area (Å²) in [7, 11) is 1.61. The van der Waals surface area contributed by atoms with E-state index in [1.54, 1.807) is 7.11 Å². The predicted octanol–water partition coefficient (Wildman–Crippen LogP) is 2.40. The van der Waals surface area contributed by atoms with Crippen molar-refractivity contribution in [2.75, 3.05) is 7.11 Å². The molecule has 1 aromatic carbocycles. The van der Waals surface area contributed by atoms with E-state index < -0.39 is 0 Å². The monoisotopic (exact) mass is 362 g/mol. The van der Waals surface area contributed by atoms with Gasteiger partial charge in [0.05, 0.1) is 24.3 Å². The number of rotatable bonds is 6. The Kier molecular flexibility index (Phi) is 5.60. The number of amides is 1. The highest BCUT2D eigenvalue weighted by atomic mass is 32.2. The summed E-state index contributed by atoms with van der Waals surface area (Å²) in [6, 6.07) is 7.67. The number of aromatic nitrogens is 2. The number of carbonyl (C=O) groups excluding carboxylic acids is 1. The van der Waals surface area contributed by atoms with Gasteiger partial charge >= 0.3 is 0 Å². The number of benzene rings is 1. The Labute approximate surface area is 150 Å². The zero-order valence-electron chi connectivity index (χ0n) is 14.5. The molecule has 1 fully saturated rings. The third kappa shape index (κ3) is 3.96. The summed E-state index contributed by atoms with van der Waals surface area (Å²) in [5, 5.41) is 10.4. The van der Waals surface area contributed by atoms with Crippen LogP contribution >= 0.6 is 11.8 Å². The zero-order valence-corrected chi connectivity index (χ0v) is 15.3. The molecule has 1 aliphatic heterocycles. The molecule has 2 aromatic rings. The SMILES string of the molecule is CCC1C(=O)NC(SCc2nc(-c3ccccc3OC)no2)NC1C. The lowest BCUT2D eigenvalue weighted by atomic mass is 9.96. The van der Waals surface area contributed by atoms with E-state index in [2.05, 4.69) is 20.8 Å². The molecule has 3 atom stereocenters. The molecule has 0 radical (unpaired) electrons. The van der Waals surface area contributed by atoms with Gasteiger partial charge in [0.15, 0.2) is 0 Å². The lowest BCUT2D eigenvalue weighted by Gasteiger charge is -2.34. The number of nitrogens with zero attached hydrogens (tertiary/aromatic N) is 2. The molecule has 1 aromatic heterocycles. The van der Waals surface area contributed by atoms with Crippen molar-refractivity contribution >= 4 is 17.7 Å². The highest BCUT2D eigenvalue weighted by Gasteiger charge is 2.32. The number of methoxy groups -OCH3 is 1. The first-order valence-electron chi connectivity index (χ1n) is 8.26. The normalized spacial score (nSPS) is 23.3. The number of hydrogen-bond donors (Lipinski definition) is 2. The molecule has 7 nitrogen and oxygen atoms in total. The predicted molar refractivity (Wildman–Crippen MR) is 95.9 cm³/mol. The molecule has 134 valence electrons. The van der Waals surface area contributed by atoms with Crippen LogP contribution in [-0.2, 0) is 10.5 Å². The smallest absolute Gasteiger partial charge is 0.237 e. The Morgan fingerprint density at radius 2 is 2.16 bits per heavy atom. The van der Waals surface area contributed by atoms with Crippen LogP contribution in [0.5, 0.6) is 5.75 Å². The van der Waals surface area contributed by atoms with Gasteiger partial charge in [0.25, 0.3) is 0 Å². The first-order chi connectivity index (χ1) is 12.1. The molecule has 0 saturated carbocycles. The van der Waals surface area contributed by atoms with Gasteiger partial charge in [-0.25, -0.2) is 0 Å². The minimum Gasteiger partial charge on any atom is -0.496 e. The molecule has 0 bridgehead atoms. The molecule has 0 spiro atoms. The molecule has 0 aliphatic carbocycles. The maximum Gasteiger partial charge on any atom is 0.237 e. The molecule has 2 N–H and O–H groups in total. The molecular formula is C17H22N4O3S. The highest BCUT2D eigenvalue weighted by molar-refractivity contribution is 7.99. The van der Waals surface area contributed by atoms with Gasteiger partial charge in [-0.05, 0) is 25.5 Å². The Morgan fingerprint density at radius 1 is 1.36 bits per heavy atom. The molecule has 3 rings (SSSR count). The Hall–Kier alpha value is -2.06. The summed E-state index contributed by atoms with van der Waals surface area (Å²) in [5.74, 6) is 2.30. The van der Waals surface area contributed by atoms with Crippen LogP contribution in [0.3, 0.4) is 0 Å². The number of carbonyl (C=O) groups is 1. The molecule has 1 aliphatic rings. The topological polar surface area (TPSA) is 89.3 Å². The van der Waals surface area contributed by atoms with Crippen LogP contribution in [0, 0.1) is 5.92 Å². The molecule has 1 saturated heterocycles. The second kappa shape index (κ2) is 7.88. The Bertz CT molecular complexity index is 736. The van der Waals surface area contributed by atoms with E-state index in [9.17, 15) is 4.79 Å². The zero-order chi connectivity index (χ0) is 17.8. The molecule has 2 heterocycles. The maximum atomic E-state index is 12.1. The van der Waals surface area contributed by atoms with Crippen molar-refractivity contribution in [1.82, 2.24) is 20.8 Å². The Balaban J connectivity index is 1.62. The van der Waals surface area contributed by atoms with Crippen LogP contribution in [0.1, 0.15) is 26.2 Å². The number of hydrogen-bond acceptors (Lipinski definition) is 7. The summed E-state index contributed by atoms with van der Waals surface area (Å²) in [6.07, 6.45) is 0.823. The number of nitrogens with one attached hydrogen (secondary N) is 2. The second-order valence-corrected chi connectivity index (χ2v) is 6.98. The van der Waals surface area contributed by atoms with Gasteiger partial charge in [-0.2, -0.15) is 4.98 Å². The van der Waals surface area contributed by atoms with Crippen molar-refractivity contribution in [1.29, 1.82) is 0 Å². The van der Waals surface area contributed by atoms with E-state index >= 15 is 0 Å². The fraction of sp³-hybridized carbons (Fsp3) is 0.471. The lowest BCUT2D eigenvalue weighted by molar-refractivity contribution is -0.128. The van der Waals surface area contributed by atoms with E-state index in [-0.39, 0.29) is 23.4 Å². The molecule has 25 heavy (non-hydrogen) atoms. The van der Waals surface area contributed by atoms with Crippen molar-refractivity contribution in [3.05, 3.63) is 30.2 Å². The fourth-order valence-electron chi connectivity index (χ4n) is 2.90. The van der Waals surface area contributed by atoms with E-state index in [1.165, 1.54) is 11.8 Å². The van der Waals surface area contributed by atoms with E-state index in [0.29, 0.717) is 23.2 Å². The third-order valence-electron chi connectivity index (χ3n) is 4.26. The van der Waals surface area contributed by atoms with Crippen LogP contribution < -0.4 is 15.4 Å². The van der Waals surface area contributed by atoms with E-state index in [4.69, 9.17) is 9.26 Å². The average Bonchev–Trinajstić information content (AvgIpc) is 3.08. The van der Waals surface area contributed by atoms with Crippen molar-refractivity contribution < 1.29 is 14.1 Å². The van der Waals surface area contributed by atoms with Crippen LogP contribution in [-0.4, -0.2) is 34.7 Å². The minimum atomic E-state index is -0.160. The Morgan fingerprint density at radius 3 is 2.88 bits per heavy atom. The van der Waals surface area contributed by atoms with E-state index in [1.807, 2.05) is 38.1 Å². The highest BCUT2D eigenvalue weighted by Crippen LogP contribution is 2.28. The average molecular weight is 362 g/mol. The largest absolute Gasteiger partial charge is 0.496 e.